The van der Waals surface area contributed by atoms with Gasteiger partial charge in [0.25, 0.3) is 0 Å². The molecule has 4 aliphatic carbocycles. The number of nitrogens with one attached hydrogen (secondary N) is 3. The van der Waals surface area contributed by atoms with Gasteiger partial charge >= 0.3 is 0 Å². The molecule has 0 aromatic heterocycles. The van der Waals surface area contributed by atoms with Crippen molar-refractivity contribution in [3.05, 3.63) is 89.5 Å². The first-order chi connectivity index (χ1) is 27.9. The zero-order valence-corrected chi connectivity index (χ0v) is 35.8. The van der Waals surface area contributed by atoms with Crippen LogP contribution >= 0.6 is 11.6 Å². The molecule has 0 heterocycles. The fraction of sp³-hybridized carbons (Fsp3) is 0.478. The maximum absolute atomic E-state index is 11.8. The largest absolute Gasteiger partial charge is 0.595 e. The molecule has 12 nitrogen and oxygen atoms in total. The Morgan fingerprint density at radius 3 is 1.31 bits per heavy atom. The van der Waals surface area contributed by atoms with E-state index in [1.54, 1.807) is 45.0 Å². The molecule has 0 bridgehead atoms. The molecule has 3 aromatic rings. The lowest BCUT2D eigenvalue weighted by Gasteiger charge is -2.29. The van der Waals surface area contributed by atoms with E-state index < -0.39 is 11.7 Å². The van der Waals surface area contributed by atoms with Gasteiger partial charge in [-0.3, -0.25) is 24.2 Å². The first-order valence-corrected chi connectivity index (χ1v) is 20.7. The van der Waals surface area contributed by atoms with Crippen LogP contribution in [0.5, 0.6) is 0 Å². The zero-order chi connectivity index (χ0) is 43.4. The molecule has 4 fully saturated rings. The minimum absolute atomic E-state index is 0.0821. The third-order valence-electron chi connectivity index (χ3n) is 10.5. The Balaban J connectivity index is 0.000000184. The Labute approximate surface area is 353 Å². The van der Waals surface area contributed by atoms with Crippen LogP contribution in [0, 0.1) is 58.7 Å². The van der Waals surface area contributed by atoms with E-state index in [-0.39, 0.29) is 53.2 Å². The number of halogens is 1. The van der Waals surface area contributed by atoms with Crippen molar-refractivity contribution >= 4 is 57.7 Å². The van der Waals surface area contributed by atoms with Crippen molar-refractivity contribution in [2.45, 2.75) is 92.8 Å². The van der Waals surface area contributed by atoms with Crippen molar-refractivity contribution < 1.29 is 29.0 Å². The van der Waals surface area contributed by atoms with Gasteiger partial charge in [0, 0.05) is 52.9 Å². The van der Waals surface area contributed by atoms with E-state index in [1.807, 2.05) is 61.5 Å². The van der Waals surface area contributed by atoms with Gasteiger partial charge in [-0.05, 0) is 121 Å². The Morgan fingerprint density at radius 1 is 0.695 bits per heavy atom. The summed E-state index contributed by atoms with van der Waals surface area (Å²) in [4.78, 5) is 49.0. The highest BCUT2D eigenvalue weighted by molar-refractivity contribution is 6.64. The SMILES string of the molecule is CC1CC1C(=O)Cl.C[C@@H]1C[C@H]1C(=O)Nc1ccc(C#N)cc1.C[C@@H]1C[C@H]1C(=O)Nc1ccc(CN)cc1.C[C@@H]1C[C@H]1C(=O)Nc1ccc(CN=C([O-])OC(C)(C)C)cc1. The predicted octanol–water partition coefficient (Wildman–Crippen LogP) is 7.61. The highest BCUT2D eigenvalue weighted by atomic mass is 35.5. The van der Waals surface area contributed by atoms with Crippen molar-refractivity contribution in [1.82, 2.24) is 0 Å². The lowest BCUT2D eigenvalue weighted by Crippen LogP contribution is -2.31. The summed E-state index contributed by atoms with van der Waals surface area (Å²) in [5.41, 5.74) is 9.92. The number of amides is 3. The average Bonchev–Trinajstić information content (AvgIpc) is 4.02. The van der Waals surface area contributed by atoms with E-state index in [1.165, 1.54) is 0 Å². The number of anilines is 3. The first-order valence-electron chi connectivity index (χ1n) is 20.3. The molecule has 316 valence electrons. The van der Waals surface area contributed by atoms with Crippen LogP contribution in [0.1, 0.15) is 90.8 Å². The van der Waals surface area contributed by atoms with Crippen molar-refractivity contribution in [1.29, 1.82) is 5.26 Å². The van der Waals surface area contributed by atoms with Crippen LogP contribution in [0.2, 0.25) is 0 Å². The first kappa shape index (κ1) is 46.4. The van der Waals surface area contributed by atoms with E-state index in [9.17, 15) is 24.3 Å². The molecule has 3 aromatic carbocycles. The van der Waals surface area contributed by atoms with E-state index in [2.05, 4.69) is 41.7 Å². The highest BCUT2D eigenvalue weighted by Gasteiger charge is 2.40. The molecule has 4 aliphatic rings. The van der Waals surface area contributed by atoms with Gasteiger partial charge in [0.05, 0.1) is 18.2 Å². The molecule has 0 radical (unpaired) electrons. The molecule has 8 atom stereocenters. The van der Waals surface area contributed by atoms with Crippen molar-refractivity contribution in [3.8, 4) is 6.07 Å². The van der Waals surface area contributed by atoms with Crippen LogP contribution < -0.4 is 26.8 Å². The molecule has 0 saturated heterocycles. The van der Waals surface area contributed by atoms with Gasteiger partial charge in [0.2, 0.25) is 23.0 Å². The summed E-state index contributed by atoms with van der Waals surface area (Å²) < 4.78 is 5.12. The molecular formula is C46H58ClN6O6-. The molecular weight excluding hydrogens is 768 g/mol. The van der Waals surface area contributed by atoms with E-state index >= 15 is 0 Å². The summed E-state index contributed by atoms with van der Waals surface area (Å²) >= 11 is 5.13. The Bertz CT molecular complexity index is 1970. The highest BCUT2D eigenvalue weighted by Crippen LogP contribution is 2.40. The number of hydrogen-bond acceptors (Lipinski definition) is 9. The lowest BCUT2D eigenvalue weighted by atomic mass is 10.2. The number of hydrogen-bond donors (Lipinski definition) is 4. The molecule has 0 spiro atoms. The topological polar surface area (TPSA) is 199 Å². The quantitative estimate of drug-likeness (QED) is 0.0909. The molecule has 5 N–H and O–H groups in total. The van der Waals surface area contributed by atoms with Crippen molar-refractivity contribution in [2.75, 3.05) is 16.0 Å². The second kappa shape index (κ2) is 21.1. The summed E-state index contributed by atoms with van der Waals surface area (Å²) in [5.74, 6) is 3.19. The summed E-state index contributed by atoms with van der Waals surface area (Å²) in [7, 11) is 0. The summed E-state index contributed by atoms with van der Waals surface area (Å²) in [6, 6.07) is 24.0. The van der Waals surface area contributed by atoms with Crippen LogP contribution in [0.4, 0.5) is 17.1 Å². The van der Waals surface area contributed by atoms with Crippen molar-refractivity contribution in [3.63, 3.8) is 0 Å². The number of benzene rings is 3. The van der Waals surface area contributed by atoms with Gasteiger partial charge in [-0.1, -0.05) is 72.7 Å². The number of carbonyl (C=O) groups is 4. The van der Waals surface area contributed by atoms with Crippen LogP contribution in [-0.2, 0) is 37.0 Å². The van der Waals surface area contributed by atoms with E-state index in [0.29, 0.717) is 35.8 Å². The van der Waals surface area contributed by atoms with Crippen LogP contribution in [-0.4, -0.2) is 34.6 Å². The second-order valence-corrected chi connectivity index (χ2v) is 17.5. The van der Waals surface area contributed by atoms with Crippen molar-refractivity contribution in [2.24, 2.45) is 58.1 Å². The van der Waals surface area contributed by atoms with Crippen LogP contribution in [0.25, 0.3) is 0 Å². The standard InChI is InChI=1S/C17H24N2O3.C12H16N2O.C12H12N2O.C5H7ClO/c1-11-9-14(11)15(20)19-13-7-5-12(6-8-13)10-18-16(21)22-17(2,3)4;2*1-8-6-11(8)12(15)14-10-4-2-9(7-13)3-5-10;1-3-2-4(3)5(6)7/h5-8,11,14H,9-10H2,1-4H3,(H,18,21)(H,19,20);2-5,8,11H,6-7,13H2,1H3,(H,14,15);2-5,8,11H,6H2,1H3,(H,14,15);3-4H,2H2,1H3/p-1/t11-,14-;2*8-,11-;/m111./s1. The molecule has 0 aliphatic heterocycles. The average molecular weight is 826 g/mol. The van der Waals surface area contributed by atoms with Gasteiger partial charge in [0.1, 0.15) is 6.08 Å². The maximum Gasteiger partial charge on any atom is 0.227 e. The fourth-order valence-corrected chi connectivity index (χ4v) is 6.21. The summed E-state index contributed by atoms with van der Waals surface area (Å²) in [6.07, 6.45) is 3.42. The normalized spacial score (nSPS) is 24.3. The molecule has 2 unspecified atom stereocenters. The minimum Gasteiger partial charge on any atom is -0.595 e. The molecule has 3 amide bonds. The number of nitrogens with zero attached hydrogens (tertiary/aromatic N) is 2. The van der Waals surface area contributed by atoms with Gasteiger partial charge < -0.3 is 31.5 Å². The molecule has 13 heteroatoms. The van der Waals surface area contributed by atoms with Gasteiger partial charge in [0.15, 0.2) is 0 Å². The van der Waals surface area contributed by atoms with Gasteiger partial charge in [-0.2, -0.15) is 5.26 Å². The van der Waals surface area contributed by atoms with Crippen LogP contribution in [0.3, 0.4) is 0 Å². The third-order valence-corrected chi connectivity index (χ3v) is 10.8. The Hall–Kier alpha value is -5.25. The Morgan fingerprint density at radius 2 is 1.03 bits per heavy atom. The number of nitrogens with two attached hydrogens (primary N) is 1. The zero-order valence-electron chi connectivity index (χ0n) is 35.1. The minimum atomic E-state index is -0.562. The van der Waals surface area contributed by atoms with Gasteiger partial charge in [-0.15, -0.1) is 0 Å². The van der Waals surface area contributed by atoms with Crippen LogP contribution in [0.15, 0.2) is 77.8 Å². The molecule has 59 heavy (non-hydrogen) atoms. The molecule has 7 rings (SSSR count). The van der Waals surface area contributed by atoms with E-state index in [0.717, 1.165) is 53.9 Å². The van der Waals surface area contributed by atoms with Gasteiger partial charge in [-0.25, -0.2) is 0 Å². The Kier molecular flexibility index (Phi) is 16.6. The number of carbonyl (C=O) groups excluding carboxylic acids is 4. The smallest absolute Gasteiger partial charge is 0.227 e. The number of aliphatic imine (C=N–C) groups is 1. The third kappa shape index (κ3) is 16.5. The predicted molar refractivity (Wildman–Crippen MR) is 230 cm³/mol. The van der Waals surface area contributed by atoms with E-state index in [4.69, 9.17) is 27.3 Å². The second-order valence-electron chi connectivity index (χ2n) is 17.1. The fourth-order valence-electron chi connectivity index (χ4n) is 5.90. The summed E-state index contributed by atoms with van der Waals surface area (Å²) in [6.45, 7) is 14.5. The maximum atomic E-state index is 11.8. The molecule has 4 saturated carbocycles. The number of ether oxygens (including phenoxy) is 1. The summed E-state index contributed by atoms with van der Waals surface area (Å²) in [5, 5.41) is 28.6. The number of nitriles is 1. The monoisotopic (exact) mass is 825 g/mol. The lowest BCUT2D eigenvalue weighted by molar-refractivity contribution is -0.260. The number of rotatable bonds is 10.